The molecule has 2 aromatic rings. The van der Waals surface area contributed by atoms with Crippen LogP contribution >= 0.6 is 0 Å². The van der Waals surface area contributed by atoms with Crippen molar-refractivity contribution >= 4 is 17.6 Å². The molecule has 0 atom stereocenters. The number of amides is 2. The van der Waals surface area contributed by atoms with Crippen LogP contribution in [0.15, 0.2) is 30.3 Å². The van der Waals surface area contributed by atoms with E-state index in [0.29, 0.717) is 12.1 Å². The first kappa shape index (κ1) is 21.1. The van der Waals surface area contributed by atoms with Crippen molar-refractivity contribution in [2.24, 2.45) is 0 Å². The summed E-state index contributed by atoms with van der Waals surface area (Å²) in [6.07, 6.45) is 0. The van der Waals surface area contributed by atoms with Crippen LogP contribution in [0.5, 0.6) is 0 Å². The highest BCUT2D eigenvalue weighted by Gasteiger charge is 2.20. The molecule has 0 aliphatic heterocycles. The Labute approximate surface area is 148 Å². The molecule has 6 nitrogen and oxygen atoms in total. The molecule has 0 unspecified atom stereocenters. The number of pyridine rings is 1. The van der Waals surface area contributed by atoms with Gasteiger partial charge in [0.25, 0.3) is 11.8 Å². The molecule has 1 heterocycles. The van der Waals surface area contributed by atoms with Gasteiger partial charge in [0.05, 0.1) is 7.11 Å². The Kier molecular flexibility index (Phi) is 7.73. The summed E-state index contributed by atoms with van der Waals surface area (Å²) in [5.74, 6) is -5.71. The zero-order chi connectivity index (χ0) is 19.9. The lowest BCUT2D eigenvalue weighted by molar-refractivity contribution is -0.0760. The van der Waals surface area contributed by atoms with Crippen LogP contribution in [0.2, 0.25) is 0 Å². The Balaban J connectivity index is 0.00000163. The molecule has 1 N–H and O–H groups in total. The van der Waals surface area contributed by atoms with E-state index >= 15 is 0 Å². The maximum absolute atomic E-state index is 13.6. The number of nitrogens with zero attached hydrogens (tertiary/aromatic N) is 2. The molecular weight excluding hydrogens is 351 g/mol. The number of hydroxylamine groups is 2. The molecule has 0 radical (unpaired) electrons. The van der Waals surface area contributed by atoms with Crippen molar-refractivity contribution in [3.05, 3.63) is 59.0 Å². The highest BCUT2D eigenvalue weighted by Crippen LogP contribution is 2.17. The standard InChI is InChI=1S/C15H12F3N3O3.C2H6/c1-21(24-2)15(23)11-4-3-5-12(19-11)20-14(22)13-9(17)6-8(16)7-10(13)18;1-2/h3-7H,1-2H3,(H,19,20,22);1-2H3. The lowest BCUT2D eigenvalue weighted by Crippen LogP contribution is -2.26. The van der Waals surface area contributed by atoms with E-state index in [9.17, 15) is 22.8 Å². The molecule has 0 aliphatic carbocycles. The third-order valence-corrected chi connectivity index (χ3v) is 3.00. The van der Waals surface area contributed by atoms with Crippen molar-refractivity contribution in [3.8, 4) is 0 Å². The monoisotopic (exact) mass is 369 g/mol. The topological polar surface area (TPSA) is 71.5 Å². The Morgan fingerprint density at radius 2 is 1.69 bits per heavy atom. The van der Waals surface area contributed by atoms with Gasteiger partial charge in [-0.2, -0.15) is 0 Å². The first-order valence-electron chi connectivity index (χ1n) is 7.58. The summed E-state index contributed by atoms with van der Waals surface area (Å²) >= 11 is 0. The van der Waals surface area contributed by atoms with E-state index in [1.165, 1.54) is 32.4 Å². The number of anilines is 1. The van der Waals surface area contributed by atoms with Crippen molar-refractivity contribution in [2.75, 3.05) is 19.5 Å². The van der Waals surface area contributed by atoms with Crippen molar-refractivity contribution in [1.82, 2.24) is 10.0 Å². The highest BCUT2D eigenvalue weighted by atomic mass is 19.1. The number of hydrogen-bond donors (Lipinski definition) is 1. The molecule has 0 spiro atoms. The molecule has 2 amide bonds. The molecule has 1 aromatic carbocycles. The largest absolute Gasteiger partial charge is 0.306 e. The predicted molar refractivity (Wildman–Crippen MR) is 89.0 cm³/mol. The number of hydrogen-bond acceptors (Lipinski definition) is 4. The molecule has 0 bridgehead atoms. The first-order valence-corrected chi connectivity index (χ1v) is 7.58. The van der Waals surface area contributed by atoms with Crippen molar-refractivity contribution in [3.63, 3.8) is 0 Å². The van der Waals surface area contributed by atoms with Crippen LogP contribution in [-0.2, 0) is 4.84 Å². The molecule has 0 saturated heterocycles. The van der Waals surface area contributed by atoms with Crippen LogP contribution in [0.3, 0.4) is 0 Å². The number of nitrogens with one attached hydrogen (secondary N) is 1. The molecule has 2 rings (SSSR count). The predicted octanol–water partition coefficient (Wildman–Crippen LogP) is 3.41. The Bertz CT molecular complexity index is 777. The second kappa shape index (κ2) is 9.52. The van der Waals surface area contributed by atoms with Gasteiger partial charge < -0.3 is 5.32 Å². The van der Waals surface area contributed by atoms with E-state index in [2.05, 4.69) is 10.3 Å². The van der Waals surface area contributed by atoms with Gasteiger partial charge in [0.15, 0.2) is 0 Å². The first-order chi connectivity index (χ1) is 12.3. The molecule has 0 aliphatic rings. The average Bonchev–Trinajstić information content (AvgIpc) is 2.61. The van der Waals surface area contributed by atoms with E-state index in [-0.39, 0.29) is 11.5 Å². The van der Waals surface area contributed by atoms with Crippen LogP contribution in [-0.4, -0.2) is 36.0 Å². The fourth-order valence-electron chi connectivity index (χ4n) is 1.81. The van der Waals surface area contributed by atoms with Gasteiger partial charge in [0.1, 0.15) is 34.5 Å². The lowest BCUT2D eigenvalue weighted by Gasteiger charge is -2.13. The van der Waals surface area contributed by atoms with Crippen molar-refractivity contribution < 1.29 is 27.6 Å². The second-order valence-electron chi connectivity index (χ2n) is 4.59. The summed E-state index contributed by atoms with van der Waals surface area (Å²) in [6, 6.07) is 4.88. The minimum Gasteiger partial charge on any atom is -0.306 e. The number of carbonyl (C=O) groups is 2. The van der Waals surface area contributed by atoms with Gasteiger partial charge in [-0.25, -0.2) is 23.2 Å². The maximum atomic E-state index is 13.6. The maximum Gasteiger partial charge on any atom is 0.295 e. The third-order valence-electron chi connectivity index (χ3n) is 3.00. The summed E-state index contributed by atoms with van der Waals surface area (Å²) in [5.41, 5.74) is -1.01. The number of halogens is 3. The molecule has 1 aromatic heterocycles. The molecule has 0 saturated carbocycles. The number of carbonyl (C=O) groups excluding carboxylic acids is 2. The zero-order valence-electron chi connectivity index (χ0n) is 14.6. The second-order valence-corrected chi connectivity index (χ2v) is 4.59. The molecular formula is C17H18F3N3O3. The van der Waals surface area contributed by atoms with Crippen molar-refractivity contribution in [1.29, 1.82) is 0 Å². The van der Waals surface area contributed by atoms with Gasteiger partial charge in [0.2, 0.25) is 0 Å². The Morgan fingerprint density at radius 3 is 2.23 bits per heavy atom. The van der Waals surface area contributed by atoms with Crippen LogP contribution < -0.4 is 5.32 Å². The number of rotatable bonds is 4. The van der Waals surface area contributed by atoms with Crippen molar-refractivity contribution in [2.45, 2.75) is 13.8 Å². The van der Waals surface area contributed by atoms with Gasteiger partial charge in [-0.05, 0) is 12.1 Å². The van der Waals surface area contributed by atoms with Crippen LogP contribution in [0.4, 0.5) is 19.0 Å². The SMILES string of the molecule is CC.CON(C)C(=O)c1cccc(NC(=O)c2c(F)cc(F)cc2F)n1. The third kappa shape index (κ3) is 5.03. The lowest BCUT2D eigenvalue weighted by atomic mass is 10.1. The molecule has 26 heavy (non-hydrogen) atoms. The van der Waals surface area contributed by atoms with Crippen LogP contribution in [0.1, 0.15) is 34.7 Å². The summed E-state index contributed by atoms with van der Waals surface area (Å²) in [4.78, 5) is 32.4. The summed E-state index contributed by atoms with van der Waals surface area (Å²) in [6.45, 7) is 4.00. The minimum atomic E-state index is -1.35. The number of aromatic nitrogens is 1. The van der Waals surface area contributed by atoms with Gasteiger partial charge >= 0.3 is 0 Å². The van der Waals surface area contributed by atoms with E-state index in [1.807, 2.05) is 13.8 Å². The summed E-state index contributed by atoms with van der Waals surface area (Å²) < 4.78 is 40.0. The summed E-state index contributed by atoms with van der Waals surface area (Å²) in [5, 5.41) is 3.06. The summed E-state index contributed by atoms with van der Waals surface area (Å²) in [7, 11) is 2.64. The zero-order valence-corrected chi connectivity index (χ0v) is 14.6. The van der Waals surface area contributed by atoms with Crippen LogP contribution in [0, 0.1) is 17.5 Å². The average molecular weight is 369 g/mol. The number of benzene rings is 1. The highest BCUT2D eigenvalue weighted by molar-refractivity contribution is 6.04. The van der Waals surface area contributed by atoms with Gasteiger partial charge in [0, 0.05) is 19.2 Å². The minimum absolute atomic E-state index is 0.0581. The van der Waals surface area contributed by atoms with E-state index in [4.69, 9.17) is 4.84 Å². The smallest absolute Gasteiger partial charge is 0.295 e. The normalized spacial score (nSPS) is 9.81. The van der Waals surface area contributed by atoms with E-state index < -0.39 is 34.8 Å². The quantitative estimate of drug-likeness (QED) is 0.839. The van der Waals surface area contributed by atoms with E-state index in [0.717, 1.165) is 5.06 Å². The fraction of sp³-hybridized carbons (Fsp3) is 0.235. The Morgan fingerprint density at radius 1 is 1.12 bits per heavy atom. The van der Waals surface area contributed by atoms with E-state index in [1.54, 1.807) is 0 Å². The molecule has 0 fully saturated rings. The van der Waals surface area contributed by atoms with Gasteiger partial charge in [-0.3, -0.25) is 14.4 Å². The van der Waals surface area contributed by atoms with Gasteiger partial charge in [-0.1, -0.05) is 19.9 Å². The van der Waals surface area contributed by atoms with Gasteiger partial charge in [-0.15, -0.1) is 0 Å². The Hall–Kier alpha value is -2.94. The fourth-order valence-corrected chi connectivity index (χ4v) is 1.81. The molecule has 9 heteroatoms. The molecule has 140 valence electrons. The van der Waals surface area contributed by atoms with Crippen LogP contribution in [0.25, 0.3) is 0 Å².